The van der Waals surface area contributed by atoms with Crippen LogP contribution in [-0.4, -0.2) is 30.3 Å². The van der Waals surface area contributed by atoms with E-state index >= 15 is 0 Å². The second kappa shape index (κ2) is 5.67. The molecule has 0 saturated heterocycles. The summed E-state index contributed by atoms with van der Waals surface area (Å²) in [6.07, 6.45) is 1.41. The Morgan fingerprint density at radius 1 is 1.33 bits per heavy atom. The summed E-state index contributed by atoms with van der Waals surface area (Å²) in [7, 11) is -3.50. The summed E-state index contributed by atoms with van der Waals surface area (Å²) in [6, 6.07) is 2.78. The van der Waals surface area contributed by atoms with Crippen LogP contribution in [0.15, 0.2) is 23.2 Å². The number of nitrogen functional groups attached to an aromatic ring is 1. The summed E-state index contributed by atoms with van der Waals surface area (Å²) in [4.78, 5) is 4.01. The minimum Gasteiger partial charge on any atom is -0.384 e. The Balaban J connectivity index is 3.17. The van der Waals surface area contributed by atoms with Gasteiger partial charge in [0.25, 0.3) is 0 Å². The van der Waals surface area contributed by atoms with E-state index in [-0.39, 0.29) is 22.7 Å². The molecule has 0 radical (unpaired) electrons. The Hall–Kier alpha value is -1.14. The van der Waals surface area contributed by atoms with Gasteiger partial charge >= 0.3 is 0 Å². The van der Waals surface area contributed by atoms with Crippen LogP contribution in [0.4, 0.5) is 5.82 Å². The second-order valence-electron chi connectivity index (χ2n) is 4.98. The monoisotopic (exact) mass is 271 g/mol. The van der Waals surface area contributed by atoms with Crippen molar-refractivity contribution in [2.24, 2.45) is 5.92 Å². The lowest BCUT2D eigenvalue weighted by molar-refractivity contribution is 0.319. The maximum Gasteiger partial charge on any atom is 0.243 e. The van der Waals surface area contributed by atoms with E-state index in [0.29, 0.717) is 6.54 Å². The Morgan fingerprint density at radius 2 is 1.94 bits per heavy atom. The molecule has 0 spiro atoms. The Labute approximate surface area is 109 Å². The van der Waals surface area contributed by atoms with Crippen LogP contribution >= 0.6 is 0 Å². The van der Waals surface area contributed by atoms with E-state index in [4.69, 9.17) is 5.73 Å². The number of nitrogens with two attached hydrogens (primary N) is 1. The maximum absolute atomic E-state index is 12.5. The summed E-state index contributed by atoms with van der Waals surface area (Å²) >= 11 is 0. The minimum absolute atomic E-state index is 0.0909. The lowest BCUT2D eigenvalue weighted by Crippen LogP contribution is -2.39. The lowest BCUT2D eigenvalue weighted by Gasteiger charge is -2.27. The fraction of sp³-hybridized carbons (Fsp3) is 0.583. The van der Waals surface area contributed by atoms with Crippen LogP contribution in [0, 0.1) is 5.92 Å². The molecule has 2 N–H and O–H groups in total. The fourth-order valence-corrected chi connectivity index (χ4v) is 3.49. The van der Waals surface area contributed by atoms with Crippen LogP contribution in [0.5, 0.6) is 0 Å². The summed E-state index contributed by atoms with van der Waals surface area (Å²) in [5, 5.41) is 0. The molecule has 0 bridgehead atoms. The molecular formula is C12H21N3O2S. The third kappa shape index (κ3) is 3.43. The highest BCUT2D eigenvalue weighted by Crippen LogP contribution is 2.20. The van der Waals surface area contributed by atoms with Crippen molar-refractivity contribution >= 4 is 15.8 Å². The van der Waals surface area contributed by atoms with Gasteiger partial charge in [0.15, 0.2) is 0 Å². The van der Waals surface area contributed by atoms with E-state index in [0.717, 1.165) is 0 Å². The Morgan fingerprint density at radius 3 is 2.39 bits per heavy atom. The predicted molar refractivity (Wildman–Crippen MR) is 72.5 cm³/mol. The Bertz CT molecular complexity index is 498. The van der Waals surface area contributed by atoms with Crippen molar-refractivity contribution < 1.29 is 8.42 Å². The van der Waals surface area contributed by atoms with Crippen LogP contribution < -0.4 is 5.73 Å². The highest BCUT2D eigenvalue weighted by atomic mass is 32.2. The van der Waals surface area contributed by atoms with Crippen LogP contribution in [0.25, 0.3) is 0 Å². The van der Waals surface area contributed by atoms with E-state index in [1.807, 2.05) is 27.7 Å². The highest BCUT2D eigenvalue weighted by molar-refractivity contribution is 7.89. The first-order chi connectivity index (χ1) is 8.25. The summed E-state index contributed by atoms with van der Waals surface area (Å²) in [5.74, 6) is 0.477. The van der Waals surface area contributed by atoms with Gasteiger partial charge in [-0.2, -0.15) is 4.31 Å². The zero-order valence-electron chi connectivity index (χ0n) is 11.3. The van der Waals surface area contributed by atoms with Crippen molar-refractivity contribution in [1.82, 2.24) is 9.29 Å². The van der Waals surface area contributed by atoms with Crippen molar-refractivity contribution in [2.45, 2.75) is 38.6 Å². The van der Waals surface area contributed by atoms with Gasteiger partial charge in [-0.25, -0.2) is 13.4 Å². The topological polar surface area (TPSA) is 76.3 Å². The molecule has 6 heteroatoms. The molecule has 0 saturated carbocycles. The number of hydrogen-bond acceptors (Lipinski definition) is 4. The molecule has 1 rings (SSSR count). The first-order valence-corrected chi connectivity index (χ1v) is 7.42. The van der Waals surface area contributed by atoms with E-state index in [2.05, 4.69) is 4.98 Å². The van der Waals surface area contributed by atoms with Gasteiger partial charge < -0.3 is 5.73 Å². The number of pyridine rings is 1. The summed E-state index contributed by atoms with van der Waals surface area (Å²) in [5.41, 5.74) is 5.54. The second-order valence-corrected chi connectivity index (χ2v) is 6.87. The molecule has 0 fully saturated rings. The number of sulfonamides is 1. The van der Waals surface area contributed by atoms with Gasteiger partial charge in [-0.1, -0.05) is 13.8 Å². The molecule has 5 nitrogen and oxygen atoms in total. The molecule has 0 amide bonds. The third-order valence-corrected chi connectivity index (χ3v) is 4.52. The van der Waals surface area contributed by atoms with Gasteiger partial charge in [0.05, 0.1) is 4.90 Å². The van der Waals surface area contributed by atoms with Gasteiger partial charge in [-0.15, -0.1) is 0 Å². The minimum atomic E-state index is -3.50. The first-order valence-electron chi connectivity index (χ1n) is 5.98. The number of rotatable bonds is 5. The molecule has 0 aliphatic rings. The molecular weight excluding hydrogens is 250 g/mol. The zero-order chi connectivity index (χ0) is 13.9. The summed E-state index contributed by atoms with van der Waals surface area (Å²) in [6.45, 7) is 8.20. The molecule has 1 aromatic rings. The number of hydrogen-bond donors (Lipinski definition) is 1. The van der Waals surface area contributed by atoms with Gasteiger partial charge in [0.1, 0.15) is 5.82 Å². The predicted octanol–water partition coefficient (Wildman–Crippen LogP) is 1.72. The summed E-state index contributed by atoms with van der Waals surface area (Å²) < 4.78 is 26.5. The van der Waals surface area contributed by atoms with Crippen LogP contribution in [0.2, 0.25) is 0 Å². The zero-order valence-corrected chi connectivity index (χ0v) is 12.1. The van der Waals surface area contributed by atoms with Crippen molar-refractivity contribution in [2.75, 3.05) is 12.3 Å². The quantitative estimate of drug-likeness (QED) is 0.884. The van der Waals surface area contributed by atoms with Gasteiger partial charge in [0.2, 0.25) is 10.0 Å². The van der Waals surface area contributed by atoms with E-state index in [1.165, 1.54) is 22.6 Å². The van der Waals surface area contributed by atoms with Crippen LogP contribution in [0.1, 0.15) is 27.7 Å². The smallest absolute Gasteiger partial charge is 0.243 e. The highest BCUT2D eigenvalue weighted by Gasteiger charge is 2.27. The molecule has 0 atom stereocenters. The molecule has 102 valence electrons. The molecule has 0 aromatic carbocycles. The molecule has 0 unspecified atom stereocenters. The van der Waals surface area contributed by atoms with Crippen molar-refractivity contribution in [3.63, 3.8) is 0 Å². The maximum atomic E-state index is 12.5. The number of nitrogens with zero attached hydrogens (tertiary/aromatic N) is 2. The normalized spacial score (nSPS) is 12.6. The van der Waals surface area contributed by atoms with Gasteiger partial charge in [0, 0.05) is 24.8 Å². The number of anilines is 1. The van der Waals surface area contributed by atoms with Crippen molar-refractivity contribution in [3.8, 4) is 0 Å². The standard InChI is InChI=1S/C12H21N3O2S/c1-9(2)8-15(10(3)4)18(16,17)11-5-6-14-12(13)7-11/h5-7,9-10H,8H2,1-4H3,(H2,13,14). The molecule has 1 heterocycles. The molecule has 18 heavy (non-hydrogen) atoms. The first kappa shape index (κ1) is 14.9. The van der Waals surface area contributed by atoms with Crippen LogP contribution in [0.3, 0.4) is 0 Å². The van der Waals surface area contributed by atoms with Crippen LogP contribution in [-0.2, 0) is 10.0 Å². The SMILES string of the molecule is CC(C)CN(C(C)C)S(=O)(=O)c1ccnc(N)c1. The van der Waals surface area contributed by atoms with Gasteiger partial charge in [-0.3, -0.25) is 0 Å². The number of aromatic nitrogens is 1. The van der Waals surface area contributed by atoms with E-state index < -0.39 is 10.0 Å². The van der Waals surface area contributed by atoms with Crippen molar-refractivity contribution in [1.29, 1.82) is 0 Å². The molecule has 0 aliphatic heterocycles. The van der Waals surface area contributed by atoms with Gasteiger partial charge in [-0.05, 0) is 25.8 Å². The molecule has 1 aromatic heterocycles. The average Bonchev–Trinajstić information content (AvgIpc) is 2.25. The fourth-order valence-electron chi connectivity index (χ4n) is 1.67. The third-order valence-electron chi connectivity index (χ3n) is 2.48. The van der Waals surface area contributed by atoms with E-state index in [9.17, 15) is 8.42 Å². The Kier molecular flexibility index (Phi) is 4.70. The lowest BCUT2D eigenvalue weighted by atomic mass is 10.2. The average molecular weight is 271 g/mol. The largest absolute Gasteiger partial charge is 0.384 e. The van der Waals surface area contributed by atoms with E-state index in [1.54, 1.807) is 0 Å². The molecule has 0 aliphatic carbocycles. The van der Waals surface area contributed by atoms with Crippen molar-refractivity contribution in [3.05, 3.63) is 18.3 Å².